The molecular formula is C14H13N3O2. The Labute approximate surface area is 110 Å². The average molecular weight is 255 g/mol. The second kappa shape index (κ2) is 4.61. The van der Waals surface area contributed by atoms with E-state index in [2.05, 4.69) is 10.2 Å². The van der Waals surface area contributed by atoms with Crippen molar-refractivity contribution in [1.29, 1.82) is 0 Å². The lowest BCUT2D eigenvalue weighted by Gasteiger charge is -2.04. The van der Waals surface area contributed by atoms with Crippen molar-refractivity contribution in [1.82, 2.24) is 14.6 Å². The largest absolute Gasteiger partial charge is 0.497 e. The highest BCUT2D eigenvalue weighted by Gasteiger charge is 2.11. The zero-order chi connectivity index (χ0) is 13.2. The van der Waals surface area contributed by atoms with Gasteiger partial charge in [0, 0.05) is 11.8 Å². The molecule has 0 amide bonds. The van der Waals surface area contributed by atoms with Crippen LogP contribution in [-0.2, 0) is 0 Å². The fourth-order valence-corrected chi connectivity index (χ4v) is 1.99. The highest BCUT2D eigenvalue weighted by atomic mass is 16.5. The molecule has 0 unspecified atom stereocenters. The summed E-state index contributed by atoms with van der Waals surface area (Å²) in [6.45, 7) is 0. The first-order valence-electron chi connectivity index (χ1n) is 5.85. The van der Waals surface area contributed by atoms with Gasteiger partial charge in [0.05, 0.1) is 14.2 Å². The molecule has 0 saturated carbocycles. The van der Waals surface area contributed by atoms with Crippen LogP contribution in [0.1, 0.15) is 0 Å². The maximum absolute atomic E-state index is 5.27. The van der Waals surface area contributed by atoms with Crippen LogP contribution in [0.25, 0.3) is 17.0 Å². The van der Waals surface area contributed by atoms with Crippen LogP contribution < -0.4 is 9.47 Å². The van der Waals surface area contributed by atoms with Gasteiger partial charge >= 0.3 is 0 Å². The lowest BCUT2D eigenvalue weighted by molar-refractivity contribution is 0.415. The third kappa shape index (κ3) is 1.89. The fraction of sp³-hybridized carbons (Fsp3) is 0.143. The summed E-state index contributed by atoms with van der Waals surface area (Å²) in [4.78, 5) is 0. The summed E-state index contributed by atoms with van der Waals surface area (Å²) in [7, 11) is 3.27. The van der Waals surface area contributed by atoms with Gasteiger partial charge in [-0.3, -0.25) is 4.40 Å². The number of fused-ring (bicyclic) bond motifs is 1. The van der Waals surface area contributed by atoms with Gasteiger partial charge in [-0.1, -0.05) is 0 Å². The molecule has 0 aliphatic rings. The topological polar surface area (TPSA) is 48.7 Å². The molecule has 19 heavy (non-hydrogen) atoms. The van der Waals surface area contributed by atoms with Crippen molar-refractivity contribution in [3.63, 3.8) is 0 Å². The summed E-state index contributed by atoms with van der Waals surface area (Å²) in [6.07, 6.45) is 1.91. The minimum absolute atomic E-state index is 0.703. The van der Waals surface area contributed by atoms with E-state index in [1.54, 1.807) is 14.2 Å². The monoisotopic (exact) mass is 255 g/mol. The van der Waals surface area contributed by atoms with Gasteiger partial charge in [-0.2, -0.15) is 0 Å². The Balaban J connectivity index is 2.14. The number of nitrogens with zero attached hydrogens (tertiary/aromatic N) is 3. The van der Waals surface area contributed by atoms with Crippen molar-refractivity contribution in [2.45, 2.75) is 0 Å². The number of aromatic nitrogens is 3. The highest BCUT2D eigenvalue weighted by Crippen LogP contribution is 2.24. The standard InChI is InChI=1S/C14H13N3O2/c1-18-11-7-5-10(6-8-11)13-15-16-14-12(19-2)4-3-9-17(13)14/h3-9H,1-2H3. The van der Waals surface area contributed by atoms with Crippen LogP contribution in [0.2, 0.25) is 0 Å². The van der Waals surface area contributed by atoms with Gasteiger partial charge in [0.15, 0.2) is 11.6 Å². The zero-order valence-corrected chi connectivity index (χ0v) is 10.7. The van der Waals surface area contributed by atoms with E-state index >= 15 is 0 Å². The molecule has 2 aromatic heterocycles. The van der Waals surface area contributed by atoms with Gasteiger partial charge in [0.25, 0.3) is 0 Å². The van der Waals surface area contributed by atoms with Crippen LogP contribution in [0, 0.1) is 0 Å². The quantitative estimate of drug-likeness (QED) is 0.721. The molecule has 0 spiro atoms. The summed E-state index contributed by atoms with van der Waals surface area (Å²) < 4.78 is 12.3. The Morgan fingerprint density at radius 1 is 0.947 bits per heavy atom. The van der Waals surface area contributed by atoms with Crippen molar-refractivity contribution in [3.8, 4) is 22.9 Å². The van der Waals surface area contributed by atoms with Crippen molar-refractivity contribution in [2.75, 3.05) is 14.2 Å². The molecule has 5 nitrogen and oxygen atoms in total. The van der Waals surface area contributed by atoms with Crippen LogP contribution >= 0.6 is 0 Å². The van der Waals surface area contributed by atoms with E-state index in [1.807, 2.05) is 47.0 Å². The number of ether oxygens (including phenoxy) is 2. The van der Waals surface area contributed by atoms with Crippen molar-refractivity contribution in [2.24, 2.45) is 0 Å². The summed E-state index contributed by atoms with van der Waals surface area (Å²) in [6, 6.07) is 11.5. The van der Waals surface area contributed by atoms with E-state index in [4.69, 9.17) is 9.47 Å². The molecule has 0 aliphatic carbocycles. The number of hydrogen-bond acceptors (Lipinski definition) is 4. The van der Waals surface area contributed by atoms with Crippen molar-refractivity contribution >= 4 is 5.65 Å². The summed E-state index contributed by atoms with van der Waals surface area (Å²) >= 11 is 0. The van der Waals surface area contributed by atoms with Crippen molar-refractivity contribution < 1.29 is 9.47 Å². The Bertz CT molecular complexity index is 704. The summed E-state index contributed by atoms with van der Waals surface area (Å²) in [5.74, 6) is 2.29. The smallest absolute Gasteiger partial charge is 0.203 e. The van der Waals surface area contributed by atoms with E-state index in [0.717, 1.165) is 17.1 Å². The number of benzene rings is 1. The van der Waals surface area contributed by atoms with E-state index < -0.39 is 0 Å². The van der Waals surface area contributed by atoms with Gasteiger partial charge < -0.3 is 9.47 Å². The van der Waals surface area contributed by atoms with E-state index in [1.165, 1.54) is 0 Å². The fourth-order valence-electron chi connectivity index (χ4n) is 1.99. The van der Waals surface area contributed by atoms with Crippen molar-refractivity contribution in [3.05, 3.63) is 42.6 Å². The first kappa shape index (κ1) is 11.5. The number of methoxy groups -OCH3 is 2. The maximum Gasteiger partial charge on any atom is 0.203 e. The first-order valence-corrected chi connectivity index (χ1v) is 5.85. The second-order valence-corrected chi connectivity index (χ2v) is 4.02. The third-order valence-corrected chi connectivity index (χ3v) is 2.97. The molecule has 96 valence electrons. The second-order valence-electron chi connectivity index (χ2n) is 4.02. The molecule has 1 aromatic carbocycles. The molecule has 3 rings (SSSR count). The summed E-state index contributed by atoms with van der Waals surface area (Å²) in [5.41, 5.74) is 1.68. The molecular weight excluding hydrogens is 242 g/mol. The molecule has 0 N–H and O–H groups in total. The number of hydrogen-bond donors (Lipinski definition) is 0. The predicted molar refractivity (Wildman–Crippen MR) is 71.5 cm³/mol. The van der Waals surface area contributed by atoms with Crippen LogP contribution in [0.5, 0.6) is 11.5 Å². The van der Waals surface area contributed by atoms with Gasteiger partial charge in [0.2, 0.25) is 5.65 Å². The number of rotatable bonds is 3. The number of pyridine rings is 1. The Hall–Kier alpha value is -2.56. The van der Waals surface area contributed by atoms with E-state index in [9.17, 15) is 0 Å². The zero-order valence-electron chi connectivity index (χ0n) is 10.7. The van der Waals surface area contributed by atoms with Crippen LogP contribution in [0.3, 0.4) is 0 Å². The normalized spacial score (nSPS) is 10.6. The van der Waals surface area contributed by atoms with E-state index in [0.29, 0.717) is 11.4 Å². The van der Waals surface area contributed by atoms with Crippen LogP contribution in [0.15, 0.2) is 42.6 Å². The van der Waals surface area contributed by atoms with Gasteiger partial charge in [-0.05, 0) is 36.4 Å². The maximum atomic E-state index is 5.27. The van der Waals surface area contributed by atoms with Crippen LogP contribution in [0.4, 0.5) is 0 Å². The molecule has 0 atom stereocenters. The molecule has 0 radical (unpaired) electrons. The first-order chi connectivity index (χ1) is 9.33. The lowest BCUT2D eigenvalue weighted by Crippen LogP contribution is -1.92. The molecule has 2 heterocycles. The molecule has 5 heteroatoms. The third-order valence-electron chi connectivity index (χ3n) is 2.97. The Kier molecular flexibility index (Phi) is 2.79. The SMILES string of the molecule is COc1ccc(-c2nnc3c(OC)cccn23)cc1. The average Bonchev–Trinajstić information content (AvgIpc) is 2.91. The molecule has 0 bridgehead atoms. The molecule has 3 aromatic rings. The van der Waals surface area contributed by atoms with Gasteiger partial charge in [0.1, 0.15) is 5.75 Å². The molecule has 0 aliphatic heterocycles. The highest BCUT2D eigenvalue weighted by molar-refractivity contribution is 5.63. The van der Waals surface area contributed by atoms with Gasteiger partial charge in [-0.15, -0.1) is 10.2 Å². The minimum Gasteiger partial charge on any atom is -0.497 e. The van der Waals surface area contributed by atoms with Crippen LogP contribution in [-0.4, -0.2) is 28.8 Å². The van der Waals surface area contributed by atoms with E-state index in [-0.39, 0.29) is 0 Å². The lowest BCUT2D eigenvalue weighted by atomic mass is 10.2. The van der Waals surface area contributed by atoms with Gasteiger partial charge in [-0.25, -0.2) is 0 Å². The Morgan fingerprint density at radius 2 is 1.74 bits per heavy atom. The minimum atomic E-state index is 0.703. The molecule has 0 fully saturated rings. The molecule has 0 saturated heterocycles. The predicted octanol–water partition coefficient (Wildman–Crippen LogP) is 2.41. The Morgan fingerprint density at radius 3 is 2.42 bits per heavy atom. The summed E-state index contributed by atoms with van der Waals surface area (Å²) in [5, 5.41) is 8.39.